The van der Waals surface area contributed by atoms with E-state index in [4.69, 9.17) is 0 Å². The van der Waals surface area contributed by atoms with Crippen LogP contribution in [-0.4, -0.2) is 10.7 Å². The van der Waals surface area contributed by atoms with Gasteiger partial charge in [0.2, 0.25) is 0 Å². The maximum absolute atomic E-state index is 4.51. The van der Waals surface area contributed by atoms with E-state index in [2.05, 4.69) is 136 Å². The van der Waals surface area contributed by atoms with E-state index in [0.29, 0.717) is 0 Å². The molecule has 1 aromatic heterocycles. The second-order valence-corrected chi connectivity index (χ2v) is 16.3. The second-order valence-electron chi connectivity index (χ2n) is 7.27. The molecule has 0 fully saturated rings. The summed E-state index contributed by atoms with van der Waals surface area (Å²) < 4.78 is 2.23. The number of halogens is 1. The van der Waals surface area contributed by atoms with E-state index in [0.717, 1.165) is 12.6 Å². The van der Waals surface area contributed by atoms with Crippen molar-refractivity contribution in [3.8, 4) is 0 Å². The summed E-state index contributed by atoms with van der Waals surface area (Å²) in [6, 6.07) is 37.4. The van der Waals surface area contributed by atoms with Gasteiger partial charge < -0.3 is 0 Å². The quantitative estimate of drug-likeness (QED) is 0.347. The van der Waals surface area contributed by atoms with Crippen molar-refractivity contribution in [2.45, 2.75) is 6.42 Å². The Labute approximate surface area is 175 Å². The van der Waals surface area contributed by atoms with Crippen molar-refractivity contribution < 1.29 is 0 Å². The summed E-state index contributed by atoms with van der Waals surface area (Å²) in [7, 11) is 2.13. The van der Waals surface area contributed by atoms with Crippen LogP contribution < -0.4 is 15.9 Å². The molecule has 0 bridgehead atoms. The van der Waals surface area contributed by atoms with Crippen LogP contribution in [0.25, 0.3) is 0 Å². The van der Waals surface area contributed by atoms with E-state index in [-0.39, 0.29) is 0 Å². The van der Waals surface area contributed by atoms with Crippen molar-refractivity contribution in [1.29, 1.82) is 0 Å². The monoisotopic (exact) mass is 449 g/mol. The number of benzene rings is 3. The van der Waals surface area contributed by atoms with Crippen molar-refractivity contribution in [1.82, 2.24) is 4.57 Å². The van der Waals surface area contributed by atoms with Crippen molar-refractivity contribution >= 4 is 36.7 Å². The average Bonchev–Trinajstić information content (AvgIpc) is 3.19. The third kappa shape index (κ3) is 3.15. The minimum absolute atomic E-state index is 1.01. The van der Waals surface area contributed by atoms with E-state index in [1.807, 2.05) is 0 Å². The normalized spacial score (nSPS) is 13.0. The summed E-state index contributed by atoms with van der Waals surface area (Å²) in [5, 5.41) is 1.31. The number of hydrogen-bond donors (Lipinski definition) is 0. The zero-order valence-electron chi connectivity index (χ0n) is 16.1. The predicted octanol–water partition coefficient (Wildman–Crippen LogP) is 5.41. The second kappa shape index (κ2) is 7.70. The van der Waals surface area contributed by atoms with Gasteiger partial charge in [-0.1, -0.05) is 0 Å². The van der Waals surface area contributed by atoms with Crippen molar-refractivity contribution in [2.75, 3.05) is 6.16 Å². The summed E-state index contributed by atoms with van der Waals surface area (Å²) in [5.74, 6) is 0. The molecular weight excluding hydrogens is 425 g/mol. The number of hydrogen-bond acceptors (Lipinski definition) is 0. The van der Waals surface area contributed by atoms with Crippen LogP contribution in [0.3, 0.4) is 0 Å². The molecule has 0 saturated carbocycles. The molecule has 1 nitrogen and oxygen atoms in total. The third-order valence-electron chi connectivity index (χ3n) is 5.72. The van der Waals surface area contributed by atoms with Crippen LogP contribution in [0.5, 0.6) is 0 Å². The molecule has 0 aliphatic heterocycles. The zero-order chi connectivity index (χ0) is 19.5. The van der Waals surface area contributed by atoms with Gasteiger partial charge in [0.15, 0.2) is 0 Å². The molecule has 0 atom stereocenters. The summed E-state index contributed by atoms with van der Waals surface area (Å²) in [4.78, 5) is 0. The predicted molar refractivity (Wildman–Crippen MR) is 128 cm³/mol. The van der Waals surface area contributed by atoms with Gasteiger partial charge >= 0.3 is 176 Å². The Balaban J connectivity index is 1.99. The van der Waals surface area contributed by atoms with E-state index >= 15 is 0 Å². The summed E-state index contributed by atoms with van der Waals surface area (Å²) in [6.07, 6.45) is 4.17. The summed E-state index contributed by atoms with van der Waals surface area (Å²) >= 11 is 4.51. The Bertz CT molecular complexity index is 942. The molecule has 0 amide bonds. The molecule has 3 heteroatoms. The molecule has 0 saturated heterocycles. The number of aromatic nitrogens is 1. The Kier molecular flexibility index (Phi) is 5.27. The van der Waals surface area contributed by atoms with Crippen LogP contribution in [0, 0.1) is 0 Å². The van der Waals surface area contributed by atoms with Crippen LogP contribution in [0.15, 0.2) is 109 Å². The molecule has 3 aromatic carbocycles. The van der Waals surface area contributed by atoms with Crippen molar-refractivity contribution in [2.24, 2.45) is 7.05 Å². The topological polar surface area (TPSA) is 4.93 Å². The number of rotatable bonds is 6. The Morgan fingerprint density at radius 3 is 1.43 bits per heavy atom. The van der Waals surface area contributed by atoms with Gasteiger partial charge in [-0.15, -0.1) is 0 Å². The average molecular weight is 450 g/mol. The van der Waals surface area contributed by atoms with Gasteiger partial charge in [-0.3, -0.25) is 0 Å². The van der Waals surface area contributed by atoms with Gasteiger partial charge in [0.25, 0.3) is 0 Å². The van der Waals surface area contributed by atoms with Crippen LogP contribution in [0.4, 0.5) is 0 Å². The molecule has 0 radical (unpaired) electrons. The molecule has 0 spiro atoms. The SMILES string of the molecule is Cn1cccc1CCP(Br)(c1ccccc1)(c1ccccc1)c1ccccc1. The van der Waals surface area contributed by atoms with Crippen molar-refractivity contribution in [3.63, 3.8) is 0 Å². The Morgan fingerprint density at radius 2 is 1.07 bits per heavy atom. The fourth-order valence-corrected chi connectivity index (χ4v) is 11.5. The number of aryl methyl sites for hydroxylation is 2. The first-order valence-electron chi connectivity index (χ1n) is 9.63. The molecule has 0 unspecified atom stereocenters. The van der Waals surface area contributed by atoms with Crippen LogP contribution in [0.2, 0.25) is 0 Å². The van der Waals surface area contributed by atoms with E-state index in [1.54, 1.807) is 0 Å². The van der Waals surface area contributed by atoms with Gasteiger partial charge in [0.1, 0.15) is 0 Å². The van der Waals surface area contributed by atoms with Gasteiger partial charge in [0.05, 0.1) is 0 Å². The van der Waals surface area contributed by atoms with Crippen LogP contribution >= 0.6 is 20.8 Å². The molecule has 0 N–H and O–H groups in total. The Hall–Kier alpha value is -2.15. The third-order valence-corrected chi connectivity index (χ3v) is 15.7. The van der Waals surface area contributed by atoms with E-state index in [9.17, 15) is 0 Å². The maximum atomic E-state index is 4.51. The standard InChI is InChI=1S/C25H25BrNP/c1-27-20-11-12-22(27)19-21-28(26,23-13-5-2-6-14-23,24-15-7-3-8-16-24)25-17-9-4-10-18-25/h2-18,20H,19,21H2,1H3. The van der Waals surface area contributed by atoms with Gasteiger partial charge in [0, 0.05) is 0 Å². The molecular formula is C25H25BrNP. The first kappa shape index (κ1) is 19.2. The molecule has 0 aliphatic rings. The molecule has 0 aliphatic carbocycles. The van der Waals surface area contributed by atoms with E-state index in [1.165, 1.54) is 21.6 Å². The first-order valence-corrected chi connectivity index (χ1v) is 14.1. The molecule has 142 valence electrons. The molecule has 4 aromatic rings. The fourth-order valence-electron chi connectivity index (χ4n) is 4.13. The van der Waals surface area contributed by atoms with Crippen molar-refractivity contribution in [3.05, 3.63) is 115 Å². The summed E-state index contributed by atoms with van der Waals surface area (Å²) in [6.45, 7) is 0. The molecule has 28 heavy (non-hydrogen) atoms. The Morgan fingerprint density at radius 1 is 0.643 bits per heavy atom. The number of nitrogens with zero attached hydrogens (tertiary/aromatic N) is 1. The van der Waals surface area contributed by atoms with Gasteiger partial charge in [-0.2, -0.15) is 0 Å². The first-order chi connectivity index (χ1) is 13.6. The fraction of sp³-hybridized carbons (Fsp3) is 0.120. The molecule has 1 heterocycles. The van der Waals surface area contributed by atoms with Gasteiger partial charge in [-0.05, 0) is 0 Å². The molecule has 4 rings (SSSR count). The van der Waals surface area contributed by atoms with E-state index < -0.39 is 5.31 Å². The minimum atomic E-state index is -2.82. The van der Waals surface area contributed by atoms with Gasteiger partial charge in [-0.25, -0.2) is 0 Å². The van der Waals surface area contributed by atoms with Crippen LogP contribution in [0.1, 0.15) is 5.69 Å². The zero-order valence-corrected chi connectivity index (χ0v) is 18.6. The summed E-state index contributed by atoms with van der Waals surface area (Å²) in [5.41, 5.74) is 1.36. The van der Waals surface area contributed by atoms with Crippen LogP contribution in [-0.2, 0) is 13.5 Å².